The number of amides is 1. The largest absolute Gasteiger partial charge is 0.391 e. The van der Waals surface area contributed by atoms with Gasteiger partial charge in [-0.25, -0.2) is 0 Å². The van der Waals surface area contributed by atoms with Crippen molar-refractivity contribution in [1.82, 2.24) is 9.97 Å². The van der Waals surface area contributed by atoms with Gasteiger partial charge in [-0.2, -0.15) is 0 Å². The van der Waals surface area contributed by atoms with Gasteiger partial charge in [0, 0.05) is 25.1 Å². The Morgan fingerprint density at radius 3 is 2.79 bits per heavy atom. The first-order valence-corrected chi connectivity index (χ1v) is 6.77. The zero-order valence-corrected chi connectivity index (χ0v) is 11.7. The molecular weight excluding hydrogens is 288 g/mol. The van der Waals surface area contributed by atoms with Crippen molar-refractivity contribution in [3.63, 3.8) is 0 Å². The molecule has 102 valence electrons. The molecule has 1 aliphatic rings. The first-order chi connectivity index (χ1) is 8.88. The van der Waals surface area contributed by atoms with Crippen LogP contribution in [0.2, 0.25) is 0 Å². The Morgan fingerprint density at radius 2 is 2.16 bits per heavy atom. The van der Waals surface area contributed by atoms with E-state index in [1.165, 1.54) is 11.8 Å². The molecule has 4 N–H and O–H groups in total. The number of hydrogen-bond acceptors (Lipinski definition) is 6. The Morgan fingerprint density at radius 1 is 1.47 bits per heavy atom. The predicted molar refractivity (Wildman–Crippen MR) is 75.7 cm³/mol. The van der Waals surface area contributed by atoms with Crippen LogP contribution in [0.5, 0.6) is 0 Å². The molecule has 1 aliphatic heterocycles. The quantitative estimate of drug-likeness (QED) is 0.682. The molecule has 9 heteroatoms. The van der Waals surface area contributed by atoms with Gasteiger partial charge < -0.3 is 10.7 Å². The molecule has 1 atom stereocenters. The molecule has 0 spiro atoms. The summed E-state index contributed by atoms with van der Waals surface area (Å²) < 4.78 is 0.102. The van der Waals surface area contributed by atoms with Crippen LogP contribution >= 0.6 is 24.0 Å². The highest BCUT2D eigenvalue weighted by Gasteiger charge is 2.33. The molecule has 1 fully saturated rings. The fourth-order valence-corrected chi connectivity index (χ4v) is 3.01. The highest BCUT2D eigenvalue weighted by Crippen LogP contribution is 2.29. The summed E-state index contributed by atoms with van der Waals surface area (Å²) in [5.74, 6) is 0.00658. The van der Waals surface area contributed by atoms with E-state index in [2.05, 4.69) is 9.97 Å². The molecular formula is C10H12N4O3S2. The second-order valence-electron chi connectivity index (χ2n) is 4.11. The highest BCUT2D eigenvalue weighted by atomic mass is 32.2. The summed E-state index contributed by atoms with van der Waals surface area (Å²) in [5, 5.41) is -0.183. The first-order valence-electron chi connectivity index (χ1n) is 5.48. The van der Waals surface area contributed by atoms with Crippen LogP contribution < -0.4 is 16.2 Å². The van der Waals surface area contributed by atoms with E-state index in [0.717, 1.165) is 11.8 Å². The number of hydrogen-bond donors (Lipinski definition) is 3. The second-order valence-corrected chi connectivity index (χ2v) is 6.00. The average molecular weight is 300 g/mol. The molecule has 0 bridgehead atoms. The van der Waals surface area contributed by atoms with Crippen molar-refractivity contribution in [3.8, 4) is 0 Å². The molecule has 0 aliphatic carbocycles. The number of carbonyl (C=O) groups excluding carboxylic acids is 2. The van der Waals surface area contributed by atoms with Crippen molar-refractivity contribution >= 4 is 46.5 Å². The zero-order valence-electron chi connectivity index (χ0n) is 10.1. The van der Waals surface area contributed by atoms with E-state index in [1.54, 1.807) is 0 Å². The maximum atomic E-state index is 11.9. The van der Waals surface area contributed by atoms with Crippen LogP contribution in [0, 0.1) is 4.77 Å². The highest BCUT2D eigenvalue weighted by molar-refractivity contribution is 8.14. The van der Waals surface area contributed by atoms with Gasteiger partial charge in [0.15, 0.2) is 9.89 Å². The van der Waals surface area contributed by atoms with Gasteiger partial charge in [0.2, 0.25) is 5.91 Å². The summed E-state index contributed by atoms with van der Waals surface area (Å²) in [6.45, 7) is 1.77. The van der Waals surface area contributed by atoms with Crippen LogP contribution in [0.25, 0.3) is 0 Å². The third-order valence-corrected chi connectivity index (χ3v) is 3.84. The lowest BCUT2D eigenvalue weighted by Crippen LogP contribution is -2.30. The summed E-state index contributed by atoms with van der Waals surface area (Å²) in [6, 6.07) is 0. The lowest BCUT2D eigenvalue weighted by molar-refractivity contribution is -0.117. The van der Waals surface area contributed by atoms with Gasteiger partial charge in [-0.1, -0.05) is 11.8 Å². The number of carbonyl (C=O) groups is 2. The lowest BCUT2D eigenvalue weighted by Gasteiger charge is -2.17. The fourth-order valence-electron chi connectivity index (χ4n) is 1.90. The Hall–Kier alpha value is -1.61. The van der Waals surface area contributed by atoms with E-state index < -0.39 is 5.56 Å². The van der Waals surface area contributed by atoms with E-state index >= 15 is 0 Å². The monoisotopic (exact) mass is 300 g/mol. The third kappa shape index (κ3) is 2.87. The first kappa shape index (κ1) is 13.8. The van der Waals surface area contributed by atoms with Crippen molar-refractivity contribution in [1.29, 1.82) is 0 Å². The summed E-state index contributed by atoms with van der Waals surface area (Å²) in [7, 11) is 0. The number of nitrogens with zero attached hydrogens (tertiary/aromatic N) is 1. The van der Waals surface area contributed by atoms with Crippen molar-refractivity contribution < 1.29 is 9.59 Å². The van der Waals surface area contributed by atoms with Crippen LogP contribution in [0.15, 0.2) is 4.79 Å². The van der Waals surface area contributed by atoms with Crippen LogP contribution in [-0.4, -0.2) is 32.8 Å². The molecule has 1 aromatic heterocycles. The van der Waals surface area contributed by atoms with Crippen molar-refractivity contribution in [2.24, 2.45) is 0 Å². The Bertz CT molecular complexity index is 651. The number of nitrogens with one attached hydrogen (secondary N) is 2. The predicted octanol–water partition coefficient (Wildman–Crippen LogP) is 0.400. The number of rotatable bonds is 2. The van der Waals surface area contributed by atoms with Gasteiger partial charge in [-0.05, 0) is 12.2 Å². The van der Waals surface area contributed by atoms with E-state index in [9.17, 15) is 14.4 Å². The number of nitrogen functional groups attached to an aromatic ring is 1. The minimum atomic E-state index is -0.533. The molecule has 0 aromatic carbocycles. The molecule has 1 aromatic rings. The van der Waals surface area contributed by atoms with Crippen LogP contribution in [-0.2, 0) is 9.59 Å². The Kier molecular flexibility index (Phi) is 3.76. The normalized spacial score (nSPS) is 18.9. The number of H-pyrrole nitrogens is 2. The standard InChI is InChI=1S/C10H12N4O3S2/c1-4(15)19-5-2-6(16)14(3-5)8-7(11)9(17)13-10(18)12-8/h5H,2-3,11H2,1H3,(H2,12,13,17,18). The molecule has 2 rings (SSSR count). The van der Waals surface area contributed by atoms with Gasteiger partial charge in [0.1, 0.15) is 11.5 Å². The molecule has 1 saturated heterocycles. The SMILES string of the molecule is CC(=O)SC1CC(=O)N(c2[nH]c(=S)[nH]c(=O)c2N)C1. The number of anilines is 2. The molecule has 2 heterocycles. The van der Waals surface area contributed by atoms with Gasteiger partial charge >= 0.3 is 0 Å². The van der Waals surface area contributed by atoms with Crippen molar-refractivity contribution in [2.45, 2.75) is 18.6 Å². The summed E-state index contributed by atoms with van der Waals surface area (Å²) in [6.07, 6.45) is 0.233. The van der Waals surface area contributed by atoms with Crippen molar-refractivity contribution in [3.05, 3.63) is 15.1 Å². The molecule has 0 radical (unpaired) electrons. The molecule has 7 nitrogen and oxygen atoms in total. The Labute approximate surface area is 117 Å². The smallest absolute Gasteiger partial charge is 0.277 e. The number of aromatic amines is 2. The molecule has 1 unspecified atom stereocenters. The third-order valence-electron chi connectivity index (χ3n) is 2.65. The van der Waals surface area contributed by atoms with Gasteiger partial charge in [-0.15, -0.1) is 0 Å². The summed E-state index contributed by atoms with van der Waals surface area (Å²) in [5.41, 5.74) is 5.03. The molecule has 0 saturated carbocycles. The van der Waals surface area contributed by atoms with E-state index in [-0.39, 0.29) is 39.0 Å². The van der Waals surface area contributed by atoms with E-state index in [1.807, 2.05) is 0 Å². The van der Waals surface area contributed by atoms with Gasteiger partial charge in [-0.3, -0.25) is 24.3 Å². The zero-order chi connectivity index (χ0) is 14.2. The number of thioether (sulfide) groups is 1. The molecule has 1 amide bonds. The number of nitrogens with two attached hydrogens (primary N) is 1. The topological polar surface area (TPSA) is 112 Å². The van der Waals surface area contributed by atoms with Gasteiger partial charge in [0.25, 0.3) is 5.56 Å². The van der Waals surface area contributed by atoms with Crippen LogP contribution in [0.4, 0.5) is 11.5 Å². The fraction of sp³-hybridized carbons (Fsp3) is 0.400. The maximum absolute atomic E-state index is 11.9. The van der Waals surface area contributed by atoms with E-state index in [0.29, 0.717) is 6.54 Å². The maximum Gasteiger partial charge on any atom is 0.277 e. The minimum Gasteiger partial charge on any atom is -0.391 e. The second kappa shape index (κ2) is 5.17. The minimum absolute atomic E-state index is 0.0496. The summed E-state index contributed by atoms with van der Waals surface area (Å²) in [4.78, 5) is 40.9. The molecule has 19 heavy (non-hydrogen) atoms. The van der Waals surface area contributed by atoms with Crippen LogP contribution in [0.1, 0.15) is 13.3 Å². The average Bonchev–Trinajstić information content (AvgIpc) is 2.63. The Balaban J connectivity index is 2.33. The summed E-state index contributed by atoms with van der Waals surface area (Å²) >= 11 is 5.97. The number of aromatic nitrogens is 2. The van der Waals surface area contributed by atoms with E-state index in [4.69, 9.17) is 18.0 Å². The van der Waals surface area contributed by atoms with Gasteiger partial charge in [0.05, 0.1) is 0 Å². The lowest BCUT2D eigenvalue weighted by atomic mass is 10.4. The van der Waals surface area contributed by atoms with Crippen LogP contribution in [0.3, 0.4) is 0 Å². The van der Waals surface area contributed by atoms with Crippen molar-refractivity contribution in [2.75, 3.05) is 17.2 Å².